The standard InChI is InChI=1S/C17H27N5O4/c1-10-9-14(22(2)21-10)16(24)20-13(7-4-8-18)15(23)19-12-6-3-5-11(12)17(25)26/h9,11-13H,3-8,18H2,1-2H3,(H,19,23)(H,20,24)(H,25,26)/t11-,12+,13+/m1/s1. The highest BCUT2D eigenvalue weighted by molar-refractivity contribution is 5.96. The zero-order valence-electron chi connectivity index (χ0n) is 15.2. The van der Waals surface area contributed by atoms with Crippen molar-refractivity contribution in [3.8, 4) is 0 Å². The van der Waals surface area contributed by atoms with Gasteiger partial charge in [-0.15, -0.1) is 0 Å². The summed E-state index contributed by atoms with van der Waals surface area (Å²) in [7, 11) is 1.66. The molecule has 5 N–H and O–H groups in total. The molecular weight excluding hydrogens is 338 g/mol. The molecule has 1 aliphatic carbocycles. The van der Waals surface area contributed by atoms with Crippen LogP contribution in [-0.2, 0) is 16.6 Å². The van der Waals surface area contributed by atoms with Crippen molar-refractivity contribution in [3.05, 3.63) is 17.5 Å². The van der Waals surface area contributed by atoms with Gasteiger partial charge in [0.2, 0.25) is 5.91 Å². The third-order valence-electron chi connectivity index (χ3n) is 4.71. The van der Waals surface area contributed by atoms with E-state index in [0.717, 1.165) is 6.42 Å². The Balaban J connectivity index is 2.05. The number of carboxylic acid groups (broad SMARTS) is 1. The Morgan fingerprint density at radius 1 is 1.42 bits per heavy atom. The number of nitrogens with two attached hydrogens (primary N) is 1. The second-order valence-corrected chi connectivity index (χ2v) is 6.74. The van der Waals surface area contributed by atoms with E-state index in [9.17, 15) is 19.5 Å². The molecule has 2 rings (SSSR count). The summed E-state index contributed by atoms with van der Waals surface area (Å²) in [4.78, 5) is 36.4. The van der Waals surface area contributed by atoms with Gasteiger partial charge in [-0.05, 0) is 45.2 Å². The predicted octanol–water partition coefficient (Wildman–Crippen LogP) is -0.0647. The van der Waals surface area contributed by atoms with E-state index in [-0.39, 0.29) is 5.91 Å². The summed E-state index contributed by atoms with van der Waals surface area (Å²) in [5.41, 5.74) is 6.60. The zero-order chi connectivity index (χ0) is 19.3. The molecule has 1 aliphatic rings. The van der Waals surface area contributed by atoms with Crippen LogP contribution in [0.25, 0.3) is 0 Å². The Morgan fingerprint density at radius 3 is 2.73 bits per heavy atom. The second-order valence-electron chi connectivity index (χ2n) is 6.74. The summed E-state index contributed by atoms with van der Waals surface area (Å²) in [6, 6.07) is 0.470. The fourth-order valence-electron chi connectivity index (χ4n) is 3.36. The number of hydrogen-bond donors (Lipinski definition) is 4. The van der Waals surface area contributed by atoms with Gasteiger partial charge < -0.3 is 21.5 Å². The molecule has 26 heavy (non-hydrogen) atoms. The summed E-state index contributed by atoms with van der Waals surface area (Å²) in [5, 5.41) is 18.9. The van der Waals surface area contributed by atoms with Crippen molar-refractivity contribution in [2.45, 2.75) is 51.1 Å². The monoisotopic (exact) mass is 365 g/mol. The van der Waals surface area contributed by atoms with Crippen LogP contribution in [0.5, 0.6) is 0 Å². The number of hydrogen-bond acceptors (Lipinski definition) is 5. The van der Waals surface area contributed by atoms with Gasteiger partial charge in [-0.3, -0.25) is 19.1 Å². The fourth-order valence-corrected chi connectivity index (χ4v) is 3.36. The molecule has 1 aromatic rings. The van der Waals surface area contributed by atoms with Crippen molar-refractivity contribution in [2.75, 3.05) is 6.54 Å². The van der Waals surface area contributed by atoms with Gasteiger partial charge in [0, 0.05) is 13.1 Å². The minimum absolute atomic E-state index is 0.359. The van der Waals surface area contributed by atoms with Crippen molar-refractivity contribution >= 4 is 17.8 Å². The Morgan fingerprint density at radius 2 is 2.15 bits per heavy atom. The predicted molar refractivity (Wildman–Crippen MR) is 94.4 cm³/mol. The molecule has 9 nitrogen and oxygen atoms in total. The summed E-state index contributed by atoms with van der Waals surface area (Å²) in [6.07, 6.45) is 2.89. The van der Waals surface area contributed by atoms with Crippen molar-refractivity contribution in [1.29, 1.82) is 0 Å². The molecule has 0 bridgehead atoms. The lowest BCUT2D eigenvalue weighted by atomic mass is 10.0. The molecule has 0 radical (unpaired) electrons. The molecule has 0 aliphatic heterocycles. The maximum atomic E-state index is 12.6. The van der Waals surface area contributed by atoms with Crippen molar-refractivity contribution in [2.24, 2.45) is 18.7 Å². The van der Waals surface area contributed by atoms with Crippen LogP contribution in [0.3, 0.4) is 0 Å². The van der Waals surface area contributed by atoms with E-state index in [1.165, 1.54) is 4.68 Å². The van der Waals surface area contributed by atoms with Gasteiger partial charge in [0.1, 0.15) is 11.7 Å². The Bertz CT molecular complexity index is 672. The van der Waals surface area contributed by atoms with E-state index in [1.54, 1.807) is 20.0 Å². The Labute approximate surface area is 152 Å². The summed E-state index contributed by atoms with van der Waals surface area (Å²) in [6.45, 7) is 2.17. The van der Waals surface area contributed by atoms with Gasteiger partial charge in [0.05, 0.1) is 11.6 Å². The largest absolute Gasteiger partial charge is 0.481 e. The summed E-state index contributed by atoms with van der Waals surface area (Å²) >= 11 is 0. The van der Waals surface area contributed by atoms with Gasteiger partial charge in [-0.2, -0.15) is 5.10 Å². The molecule has 1 aromatic heterocycles. The van der Waals surface area contributed by atoms with E-state index in [1.807, 2.05) is 0 Å². The van der Waals surface area contributed by atoms with Crippen LogP contribution in [0.4, 0.5) is 0 Å². The fraction of sp³-hybridized carbons (Fsp3) is 0.647. The smallest absolute Gasteiger partial charge is 0.308 e. The van der Waals surface area contributed by atoms with E-state index >= 15 is 0 Å². The number of aromatic nitrogens is 2. The van der Waals surface area contributed by atoms with Crippen LogP contribution in [0.15, 0.2) is 6.07 Å². The van der Waals surface area contributed by atoms with Gasteiger partial charge >= 0.3 is 5.97 Å². The molecule has 1 heterocycles. The molecule has 0 saturated heterocycles. The normalized spacial score (nSPS) is 20.6. The topological polar surface area (TPSA) is 139 Å². The van der Waals surface area contributed by atoms with Crippen molar-refractivity contribution in [3.63, 3.8) is 0 Å². The molecule has 2 amide bonds. The first kappa shape index (κ1) is 19.9. The lowest BCUT2D eigenvalue weighted by molar-refractivity contribution is -0.142. The van der Waals surface area contributed by atoms with E-state index < -0.39 is 29.9 Å². The first-order valence-corrected chi connectivity index (χ1v) is 8.88. The number of nitrogens with zero attached hydrogens (tertiary/aromatic N) is 2. The van der Waals surface area contributed by atoms with Crippen molar-refractivity contribution in [1.82, 2.24) is 20.4 Å². The Kier molecular flexibility index (Phi) is 6.73. The van der Waals surface area contributed by atoms with Crippen LogP contribution in [0.1, 0.15) is 48.3 Å². The lowest BCUT2D eigenvalue weighted by Gasteiger charge is -2.23. The maximum absolute atomic E-state index is 12.6. The molecule has 9 heteroatoms. The number of aryl methyl sites for hydroxylation is 2. The highest BCUT2D eigenvalue weighted by Gasteiger charge is 2.35. The number of carbonyl (C=O) groups excluding carboxylic acids is 2. The van der Waals surface area contributed by atoms with Crippen LogP contribution < -0.4 is 16.4 Å². The van der Waals surface area contributed by atoms with Gasteiger partial charge in [0.15, 0.2) is 0 Å². The lowest BCUT2D eigenvalue weighted by Crippen LogP contribution is -2.51. The molecule has 1 saturated carbocycles. The molecule has 144 valence electrons. The Hall–Kier alpha value is -2.42. The number of nitrogens with one attached hydrogen (secondary N) is 2. The number of amides is 2. The van der Waals surface area contributed by atoms with Crippen LogP contribution >= 0.6 is 0 Å². The molecule has 3 atom stereocenters. The minimum atomic E-state index is -0.902. The first-order valence-electron chi connectivity index (χ1n) is 8.88. The number of rotatable bonds is 8. The highest BCUT2D eigenvalue weighted by Crippen LogP contribution is 2.26. The van der Waals surface area contributed by atoms with Crippen LogP contribution in [-0.4, -0.2) is 51.3 Å². The van der Waals surface area contributed by atoms with Crippen LogP contribution in [0.2, 0.25) is 0 Å². The highest BCUT2D eigenvalue weighted by atomic mass is 16.4. The third-order valence-corrected chi connectivity index (χ3v) is 4.71. The molecule has 1 fully saturated rings. The average Bonchev–Trinajstić information content (AvgIpc) is 3.17. The molecule has 0 aromatic carbocycles. The van der Waals surface area contributed by atoms with Gasteiger partial charge in [-0.1, -0.05) is 6.42 Å². The number of aliphatic carboxylic acids is 1. The van der Waals surface area contributed by atoms with E-state index in [2.05, 4.69) is 15.7 Å². The maximum Gasteiger partial charge on any atom is 0.308 e. The molecule has 0 spiro atoms. The summed E-state index contributed by atoms with van der Waals surface area (Å²) < 4.78 is 1.46. The SMILES string of the molecule is Cc1cc(C(=O)N[C@@H](CCCN)C(=O)N[C@H]2CCC[C@H]2C(=O)O)n(C)n1. The van der Waals surface area contributed by atoms with E-state index in [4.69, 9.17) is 5.73 Å². The van der Waals surface area contributed by atoms with Gasteiger partial charge in [-0.25, -0.2) is 0 Å². The number of carbonyl (C=O) groups is 3. The second kappa shape index (κ2) is 8.79. The molecule has 0 unspecified atom stereocenters. The minimum Gasteiger partial charge on any atom is -0.481 e. The summed E-state index contributed by atoms with van der Waals surface area (Å²) in [5.74, 6) is -2.25. The van der Waals surface area contributed by atoms with Gasteiger partial charge in [0.25, 0.3) is 5.91 Å². The molecular formula is C17H27N5O4. The average molecular weight is 365 g/mol. The first-order chi connectivity index (χ1) is 12.3. The third kappa shape index (κ3) is 4.81. The number of carboxylic acids is 1. The zero-order valence-corrected chi connectivity index (χ0v) is 15.2. The van der Waals surface area contributed by atoms with Crippen molar-refractivity contribution < 1.29 is 19.5 Å². The quantitative estimate of drug-likeness (QED) is 0.509. The van der Waals surface area contributed by atoms with Crippen LogP contribution in [0, 0.1) is 12.8 Å². The van der Waals surface area contributed by atoms with E-state index in [0.29, 0.717) is 43.6 Å².